The van der Waals surface area contributed by atoms with E-state index in [9.17, 15) is 19.3 Å². The number of rotatable bonds is 4. The van der Waals surface area contributed by atoms with Crippen LogP contribution in [0.15, 0.2) is 41.5 Å². The second-order valence-electron chi connectivity index (χ2n) is 3.65. The first-order valence-electron chi connectivity index (χ1n) is 5.39. The third-order valence-corrected chi connectivity index (χ3v) is 3.13. The molecule has 6 nitrogen and oxygen atoms in total. The summed E-state index contributed by atoms with van der Waals surface area (Å²) in [4.78, 5) is 21.8. The molecule has 1 N–H and O–H groups in total. The number of hydrazone groups is 1. The summed E-state index contributed by atoms with van der Waals surface area (Å²) < 4.78 is 12.7. The summed E-state index contributed by atoms with van der Waals surface area (Å²) in [5.74, 6) is -0.541. The molecule has 0 aliphatic carbocycles. The van der Waals surface area contributed by atoms with E-state index in [1.54, 1.807) is 6.07 Å². The number of hydrogen-bond donors (Lipinski definition) is 1. The van der Waals surface area contributed by atoms with E-state index >= 15 is 0 Å². The topological polar surface area (TPSA) is 84.6 Å². The van der Waals surface area contributed by atoms with Gasteiger partial charge in [0.15, 0.2) is 5.13 Å². The largest absolute Gasteiger partial charge is 0.281 e. The number of halogens is 1. The lowest BCUT2D eigenvalue weighted by atomic mass is 10.2. The Labute approximate surface area is 116 Å². The zero-order valence-electron chi connectivity index (χ0n) is 9.95. The summed E-state index contributed by atoms with van der Waals surface area (Å²) >= 11 is 0.707. The predicted octanol–water partition coefficient (Wildman–Crippen LogP) is 2.56. The molecule has 0 saturated heterocycles. The van der Waals surface area contributed by atoms with Gasteiger partial charge in [0.1, 0.15) is 0 Å². The maximum Gasteiger partial charge on any atom is 0.281 e. The Kier molecular flexibility index (Phi) is 4.16. The number of nitrogens with one attached hydrogen (secondary N) is 1. The third kappa shape index (κ3) is 3.45. The molecule has 1 aromatic carbocycles. The van der Waals surface area contributed by atoms with Crippen molar-refractivity contribution >= 4 is 29.1 Å². The van der Waals surface area contributed by atoms with Gasteiger partial charge in [-0.05, 0) is 12.1 Å². The second-order valence-corrected chi connectivity index (χ2v) is 4.69. The molecule has 102 valence electrons. The van der Waals surface area contributed by atoms with Crippen molar-refractivity contribution in [3.63, 3.8) is 0 Å². The number of benzene rings is 1. The Hall–Kier alpha value is -2.61. The summed E-state index contributed by atoms with van der Waals surface area (Å²) in [7, 11) is 0. The molecule has 0 spiro atoms. The van der Waals surface area contributed by atoms with Crippen LogP contribution in [0.1, 0.15) is 15.2 Å². The maximum absolute atomic E-state index is 12.7. The Balaban J connectivity index is 2.01. The van der Waals surface area contributed by atoms with Gasteiger partial charge in [0.2, 0.25) is 0 Å². The van der Waals surface area contributed by atoms with Crippen molar-refractivity contribution in [2.75, 3.05) is 0 Å². The van der Waals surface area contributed by atoms with Gasteiger partial charge in [-0.25, -0.2) is 5.43 Å². The normalized spacial score (nSPS) is 10.7. The fourth-order valence-electron chi connectivity index (χ4n) is 1.38. The fraction of sp³-hybridized carbons (Fsp3) is 0. The van der Waals surface area contributed by atoms with Crippen molar-refractivity contribution in [1.82, 2.24) is 5.43 Å². The second kappa shape index (κ2) is 6.02. The molecule has 1 aromatic heterocycles. The number of carbonyl (C=O) groups excluding carboxylic acids is 1. The van der Waals surface area contributed by atoms with Crippen LogP contribution in [-0.2, 0) is 0 Å². The van der Waals surface area contributed by atoms with E-state index in [0.717, 1.165) is 0 Å². The maximum atomic E-state index is 12.7. The predicted molar refractivity (Wildman–Crippen MR) is 72.4 cm³/mol. The van der Waals surface area contributed by atoms with Crippen LogP contribution in [0.2, 0.25) is 0 Å². The molecule has 0 unspecified atom stereocenters. The van der Waals surface area contributed by atoms with E-state index in [4.69, 9.17) is 0 Å². The van der Waals surface area contributed by atoms with Gasteiger partial charge in [-0.3, -0.25) is 14.9 Å². The number of nitrogens with zero attached hydrogens (tertiary/aromatic N) is 2. The van der Waals surface area contributed by atoms with Crippen LogP contribution < -0.4 is 5.43 Å². The summed E-state index contributed by atoms with van der Waals surface area (Å²) in [5.41, 5.74) is 2.61. The highest BCUT2D eigenvalue weighted by molar-refractivity contribution is 7.12. The van der Waals surface area contributed by atoms with Gasteiger partial charge in [0, 0.05) is 17.7 Å². The molecule has 8 heteroatoms. The molecule has 0 aliphatic rings. The van der Waals surface area contributed by atoms with Gasteiger partial charge in [0.25, 0.3) is 11.6 Å². The van der Waals surface area contributed by atoms with E-state index in [0.29, 0.717) is 16.9 Å². The average Bonchev–Trinajstić information content (AvgIpc) is 2.86. The Morgan fingerprint density at radius 2 is 2.20 bits per heavy atom. The van der Waals surface area contributed by atoms with Crippen LogP contribution in [0.4, 0.5) is 10.1 Å². The first-order valence-corrected chi connectivity index (χ1v) is 6.21. The summed E-state index contributed by atoms with van der Waals surface area (Å²) in [5, 5.41) is 13.8. The van der Waals surface area contributed by atoms with E-state index in [1.165, 1.54) is 36.5 Å². The van der Waals surface area contributed by atoms with Crippen LogP contribution >= 0.6 is 11.3 Å². The summed E-state index contributed by atoms with van der Waals surface area (Å²) in [6, 6.07) is 8.32. The van der Waals surface area contributed by atoms with Crippen LogP contribution in [0.5, 0.6) is 0 Å². The molecule has 0 fully saturated rings. The van der Waals surface area contributed by atoms with Crippen LogP contribution in [0.25, 0.3) is 0 Å². The number of non-ortho nitro benzene ring substituents is 1. The lowest BCUT2D eigenvalue weighted by Gasteiger charge is -1.96. The Morgan fingerprint density at radius 1 is 1.40 bits per heavy atom. The molecule has 0 bridgehead atoms. The summed E-state index contributed by atoms with van der Waals surface area (Å²) in [6.07, 6.45) is 1.27. The number of amides is 1. The highest BCUT2D eigenvalue weighted by Crippen LogP contribution is 2.14. The number of thiophene rings is 1. The number of nitro groups is 1. The molecular formula is C12H8FN3O3S. The fourth-order valence-corrected chi connectivity index (χ4v) is 2.00. The minimum absolute atomic E-state index is 0.0689. The van der Waals surface area contributed by atoms with Crippen LogP contribution in [-0.4, -0.2) is 17.0 Å². The van der Waals surface area contributed by atoms with Gasteiger partial charge in [-0.1, -0.05) is 12.1 Å². The first kappa shape index (κ1) is 13.8. The SMILES string of the molecule is O=C(NN=Cc1cccc([N+](=O)[O-])c1)c1ccc(F)s1. The zero-order chi connectivity index (χ0) is 14.5. The highest BCUT2D eigenvalue weighted by atomic mass is 32.1. The minimum atomic E-state index is -0.541. The van der Waals surface area contributed by atoms with E-state index in [1.807, 2.05) is 0 Å². The molecule has 2 aromatic rings. The van der Waals surface area contributed by atoms with Crippen molar-refractivity contribution in [2.45, 2.75) is 0 Å². The monoisotopic (exact) mass is 293 g/mol. The Morgan fingerprint density at radius 3 is 2.85 bits per heavy atom. The lowest BCUT2D eigenvalue weighted by molar-refractivity contribution is -0.384. The van der Waals surface area contributed by atoms with Crippen molar-refractivity contribution < 1.29 is 14.1 Å². The van der Waals surface area contributed by atoms with E-state index in [2.05, 4.69) is 10.5 Å². The van der Waals surface area contributed by atoms with Crippen molar-refractivity contribution in [2.24, 2.45) is 5.10 Å². The van der Waals surface area contributed by atoms with Crippen molar-refractivity contribution in [1.29, 1.82) is 0 Å². The van der Waals surface area contributed by atoms with Gasteiger partial charge in [-0.2, -0.15) is 9.49 Å². The van der Waals surface area contributed by atoms with Gasteiger partial charge >= 0.3 is 0 Å². The van der Waals surface area contributed by atoms with E-state index in [-0.39, 0.29) is 10.6 Å². The van der Waals surface area contributed by atoms with Crippen LogP contribution in [0.3, 0.4) is 0 Å². The Bertz CT molecular complexity index is 684. The smallest absolute Gasteiger partial charge is 0.266 e. The number of carbonyl (C=O) groups is 1. The molecular weight excluding hydrogens is 285 g/mol. The van der Waals surface area contributed by atoms with Crippen molar-refractivity contribution in [3.8, 4) is 0 Å². The van der Waals surface area contributed by atoms with Gasteiger partial charge in [-0.15, -0.1) is 11.3 Å². The lowest BCUT2D eigenvalue weighted by Crippen LogP contribution is -2.16. The molecule has 0 atom stereocenters. The summed E-state index contributed by atoms with van der Waals surface area (Å²) in [6.45, 7) is 0. The van der Waals surface area contributed by atoms with Gasteiger partial charge in [0.05, 0.1) is 16.0 Å². The molecule has 0 saturated carbocycles. The first-order chi connectivity index (χ1) is 9.56. The molecule has 2 rings (SSSR count). The minimum Gasteiger partial charge on any atom is -0.266 e. The average molecular weight is 293 g/mol. The molecule has 20 heavy (non-hydrogen) atoms. The van der Waals surface area contributed by atoms with Gasteiger partial charge < -0.3 is 0 Å². The number of nitro benzene ring substituents is 1. The van der Waals surface area contributed by atoms with E-state index < -0.39 is 16.0 Å². The number of hydrogen-bond acceptors (Lipinski definition) is 5. The molecule has 0 aliphatic heterocycles. The van der Waals surface area contributed by atoms with Crippen LogP contribution in [0, 0.1) is 15.2 Å². The van der Waals surface area contributed by atoms with Crippen molar-refractivity contribution in [3.05, 3.63) is 62.1 Å². The quantitative estimate of drug-likeness (QED) is 0.534. The third-order valence-electron chi connectivity index (χ3n) is 2.26. The zero-order valence-corrected chi connectivity index (χ0v) is 10.8. The standard InChI is InChI=1S/C12H8FN3O3S/c13-11-5-4-10(20-11)12(17)15-14-7-8-2-1-3-9(6-8)16(18)19/h1-7H,(H,15,17). The molecule has 1 heterocycles. The molecule has 0 radical (unpaired) electrons. The highest BCUT2D eigenvalue weighted by Gasteiger charge is 2.08. The molecule has 1 amide bonds.